The summed E-state index contributed by atoms with van der Waals surface area (Å²) in [7, 11) is 0. The Morgan fingerprint density at radius 3 is 1.23 bits per heavy atom. The molecule has 0 saturated heterocycles. The van der Waals surface area contributed by atoms with Gasteiger partial charge in [-0.05, 0) is 145 Å². The minimum absolute atomic E-state index is 0.785. The van der Waals surface area contributed by atoms with Gasteiger partial charge in [0.2, 0.25) is 0 Å². The molecule has 4 aromatic carbocycles. The van der Waals surface area contributed by atoms with Gasteiger partial charge in [-0.2, -0.15) is 0 Å². The standard InChI is InChI=1S/C39H46N4/c1-23-12-28(6)38(29(7)13-23)41-21-40(32(10)33(41)11)34-16-25(3)17-35(20-34)42-22-43(37-19-27(5)26(4)18-36(37)42)39-30(8)14-24(2)15-31(39)9/h12-20H,21-22H2,1-11H3. The number of aryl methyl sites for hydroxylation is 9. The van der Waals surface area contributed by atoms with Crippen molar-refractivity contribution in [3.05, 3.63) is 116 Å². The largest absolute Gasteiger partial charge is 0.325 e. The summed E-state index contributed by atoms with van der Waals surface area (Å²) < 4.78 is 0. The topological polar surface area (TPSA) is 13.0 Å². The van der Waals surface area contributed by atoms with E-state index in [1.165, 1.54) is 95.6 Å². The second-order valence-electron chi connectivity index (χ2n) is 13.1. The summed E-state index contributed by atoms with van der Waals surface area (Å²) in [5, 5.41) is 0. The highest BCUT2D eigenvalue weighted by atomic mass is 15.4. The van der Waals surface area contributed by atoms with Crippen LogP contribution in [0.3, 0.4) is 0 Å². The van der Waals surface area contributed by atoms with Crippen molar-refractivity contribution in [3.63, 3.8) is 0 Å². The molecule has 0 unspecified atom stereocenters. The highest BCUT2D eigenvalue weighted by molar-refractivity contribution is 5.90. The molecule has 2 aliphatic heterocycles. The Balaban J connectivity index is 1.42. The number of hydrogen-bond donors (Lipinski definition) is 0. The van der Waals surface area contributed by atoms with Crippen LogP contribution in [0.1, 0.15) is 63.9 Å². The van der Waals surface area contributed by atoms with E-state index in [0.29, 0.717) is 0 Å². The van der Waals surface area contributed by atoms with E-state index in [0.717, 1.165) is 13.3 Å². The lowest BCUT2D eigenvalue weighted by Gasteiger charge is -2.29. The first-order valence-electron chi connectivity index (χ1n) is 15.5. The summed E-state index contributed by atoms with van der Waals surface area (Å²) in [5.41, 5.74) is 22.1. The van der Waals surface area contributed by atoms with E-state index in [1.807, 2.05) is 0 Å². The van der Waals surface area contributed by atoms with Crippen molar-refractivity contribution < 1.29 is 0 Å². The minimum atomic E-state index is 0.785. The average molecular weight is 571 g/mol. The smallest absolute Gasteiger partial charge is 0.100 e. The maximum absolute atomic E-state index is 2.52. The number of allylic oxidation sites excluding steroid dienone is 2. The molecule has 0 radical (unpaired) electrons. The third-order valence-corrected chi connectivity index (χ3v) is 9.55. The zero-order chi connectivity index (χ0) is 30.9. The van der Waals surface area contributed by atoms with Crippen LogP contribution in [0.25, 0.3) is 0 Å². The quantitative estimate of drug-likeness (QED) is 0.242. The Labute approximate surface area is 258 Å². The van der Waals surface area contributed by atoms with Crippen LogP contribution in [0.4, 0.5) is 34.1 Å². The summed E-state index contributed by atoms with van der Waals surface area (Å²) in [6.07, 6.45) is 0. The second-order valence-corrected chi connectivity index (χ2v) is 13.1. The van der Waals surface area contributed by atoms with E-state index >= 15 is 0 Å². The number of nitrogens with zero attached hydrogens (tertiary/aromatic N) is 4. The molecule has 0 aliphatic carbocycles. The molecule has 0 N–H and O–H groups in total. The Hall–Kier alpha value is -4.18. The first kappa shape index (κ1) is 28.9. The van der Waals surface area contributed by atoms with Gasteiger partial charge in [0.25, 0.3) is 0 Å². The molecule has 0 fully saturated rings. The first-order chi connectivity index (χ1) is 20.3. The van der Waals surface area contributed by atoms with E-state index in [-0.39, 0.29) is 0 Å². The van der Waals surface area contributed by atoms with Crippen LogP contribution in [0.2, 0.25) is 0 Å². The molecule has 0 saturated carbocycles. The van der Waals surface area contributed by atoms with Crippen molar-refractivity contribution in [2.75, 3.05) is 32.9 Å². The lowest BCUT2D eigenvalue weighted by atomic mass is 10.0. The maximum atomic E-state index is 2.52. The van der Waals surface area contributed by atoms with E-state index in [2.05, 4.69) is 150 Å². The predicted octanol–water partition coefficient (Wildman–Crippen LogP) is 10.2. The van der Waals surface area contributed by atoms with Crippen molar-refractivity contribution in [1.29, 1.82) is 0 Å². The third-order valence-electron chi connectivity index (χ3n) is 9.55. The molecule has 0 atom stereocenters. The lowest BCUT2D eigenvalue weighted by molar-refractivity contribution is 0.925. The fourth-order valence-corrected chi connectivity index (χ4v) is 7.43. The highest BCUT2D eigenvalue weighted by Crippen LogP contribution is 2.48. The molecule has 43 heavy (non-hydrogen) atoms. The predicted molar refractivity (Wildman–Crippen MR) is 186 cm³/mol. The Bertz CT molecular complexity index is 1760. The molecule has 0 amide bonds. The van der Waals surface area contributed by atoms with Gasteiger partial charge in [-0.1, -0.05) is 35.4 Å². The minimum Gasteiger partial charge on any atom is -0.325 e. The third kappa shape index (κ3) is 4.87. The van der Waals surface area contributed by atoms with Crippen LogP contribution in [-0.2, 0) is 0 Å². The SMILES string of the molecule is CC1=C(C)N(c2c(C)cc(C)cc2C)CN1c1cc(C)cc(N2CN(c3c(C)cc(C)cc3C)c3cc(C)c(C)cc32)c1. The average Bonchev–Trinajstić information content (AvgIpc) is 3.40. The van der Waals surface area contributed by atoms with E-state index in [1.54, 1.807) is 0 Å². The van der Waals surface area contributed by atoms with Gasteiger partial charge in [-0.15, -0.1) is 0 Å². The number of fused-ring (bicyclic) bond motifs is 1. The second kappa shape index (κ2) is 10.5. The first-order valence-corrected chi connectivity index (χ1v) is 15.5. The zero-order valence-electron chi connectivity index (χ0n) is 27.9. The van der Waals surface area contributed by atoms with Gasteiger partial charge in [-0.25, -0.2) is 0 Å². The highest BCUT2D eigenvalue weighted by Gasteiger charge is 2.32. The number of anilines is 6. The van der Waals surface area contributed by atoms with Crippen LogP contribution in [0.5, 0.6) is 0 Å². The molecule has 2 heterocycles. The molecule has 222 valence electrons. The molecule has 0 aromatic heterocycles. The van der Waals surface area contributed by atoms with Gasteiger partial charge in [0.1, 0.15) is 6.67 Å². The summed E-state index contributed by atoms with van der Waals surface area (Å²) >= 11 is 0. The van der Waals surface area contributed by atoms with Gasteiger partial charge in [0.05, 0.1) is 18.0 Å². The van der Waals surface area contributed by atoms with Gasteiger partial charge >= 0.3 is 0 Å². The summed E-state index contributed by atoms with van der Waals surface area (Å²) in [6, 6.07) is 21.0. The van der Waals surface area contributed by atoms with Crippen LogP contribution >= 0.6 is 0 Å². The van der Waals surface area contributed by atoms with Crippen molar-refractivity contribution in [1.82, 2.24) is 0 Å². The molecular weight excluding hydrogens is 524 g/mol. The zero-order valence-corrected chi connectivity index (χ0v) is 27.9. The molecule has 2 aliphatic rings. The summed E-state index contributed by atoms with van der Waals surface area (Å²) in [5.74, 6) is 0. The van der Waals surface area contributed by atoms with Crippen LogP contribution in [-0.4, -0.2) is 13.3 Å². The van der Waals surface area contributed by atoms with Gasteiger partial charge in [0.15, 0.2) is 0 Å². The molecular formula is C39H46N4. The number of hydrogen-bond acceptors (Lipinski definition) is 4. The molecule has 0 spiro atoms. The van der Waals surface area contributed by atoms with E-state index in [4.69, 9.17) is 0 Å². The van der Waals surface area contributed by atoms with E-state index in [9.17, 15) is 0 Å². The molecule has 4 heteroatoms. The van der Waals surface area contributed by atoms with Crippen LogP contribution in [0.15, 0.2) is 66.0 Å². The maximum Gasteiger partial charge on any atom is 0.100 e. The summed E-state index contributed by atoms with van der Waals surface area (Å²) in [6.45, 7) is 26.1. The monoisotopic (exact) mass is 570 g/mol. The van der Waals surface area contributed by atoms with Crippen molar-refractivity contribution in [2.45, 2.75) is 76.2 Å². The fraction of sp³-hybridized carbons (Fsp3) is 0.333. The molecule has 4 aromatic rings. The Morgan fingerprint density at radius 2 is 0.721 bits per heavy atom. The number of rotatable bonds is 4. The Morgan fingerprint density at radius 1 is 0.349 bits per heavy atom. The van der Waals surface area contributed by atoms with Gasteiger partial charge in [-0.3, -0.25) is 0 Å². The molecule has 4 nitrogen and oxygen atoms in total. The van der Waals surface area contributed by atoms with Crippen molar-refractivity contribution in [3.8, 4) is 0 Å². The van der Waals surface area contributed by atoms with Gasteiger partial charge < -0.3 is 19.6 Å². The number of benzene rings is 4. The van der Waals surface area contributed by atoms with Crippen LogP contribution < -0.4 is 19.6 Å². The van der Waals surface area contributed by atoms with E-state index < -0.39 is 0 Å². The van der Waals surface area contributed by atoms with Crippen molar-refractivity contribution >= 4 is 34.1 Å². The van der Waals surface area contributed by atoms with Gasteiger partial charge in [0, 0.05) is 34.1 Å². The lowest BCUT2D eigenvalue weighted by Crippen LogP contribution is -2.29. The fourth-order valence-electron chi connectivity index (χ4n) is 7.43. The summed E-state index contributed by atoms with van der Waals surface area (Å²) in [4.78, 5) is 9.99. The molecule has 6 rings (SSSR count). The normalized spacial score (nSPS) is 14.9. The van der Waals surface area contributed by atoms with Crippen molar-refractivity contribution in [2.24, 2.45) is 0 Å². The molecule has 0 bridgehead atoms. The Kier molecular flexibility index (Phi) is 7.07. The van der Waals surface area contributed by atoms with Crippen LogP contribution in [0, 0.1) is 62.3 Å².